The lowest BCUT2D eigenvalue weighted by atomic mass is 10.5. The molecule has 0 aliphatic heterocycles. The smallest absolute Gasteiger partial charge is 0.147 e. The van der Waals surface area contributed by atoms with Gasteiger partial charge in [0.2, 0.25) is 0 Å². The summed E-state index contributed by atoms with van der Waals surface area (Å²) >= 11 is 0. The molecule has 2 rings (SSSR count). The number of hydrogen-bond donors (Lipinski definition) is 1. The summed E-state index contributed by atoms with van der Waals surface area (Å²) in [6, 6.07) is 3.95. The molecule has 0 amide bonds. The lowest BCUT2D eigenvalue weighted by Gasteiger charge is -2.07. The van der Waals surface area contributed by atoms with Crippen LogP contribution >= 0.6 is 0 Å². The summed E-state index contributed by atoms with van der Waals surface area (Å²) in [6.45, 7) is 3.74. The molecule has 15 heavy (non-hydrogen) atoms. The van der Waals surface area contributed by atoms with Gasteiger partial charge in [-0.15, -0.1) is 0 Å². The predicted octanol–water partition coefficient (Wildman–Crippen LogP) is 1.23. The minimum atomic E-state index is 0.689. The van der Waals surface area contributed by atoms with Gasteiger partial charge in [0.25, 0.3) is 0 Å². The second kappa shape index (κ2) is 4.63. The Kier molecular flexibility index (Phi) is 3.02. The summed E-state index contributed by atoms with van der Waals surface area (Å²) < 4.78 is 3.83. The summed E-state index contributed by atoms with van der Waals surface area (Å²) in [5.41, 5.74) is 3.22. The zero-order valence-electron chi connectivity index (χ0n) is 8.80. The van der Waals surface area contributed by atoms with Crippen molar-refractivity contribution >= 4 is 0 Å². The molecule has 0 atom stereocenters. The van der Waals surface area contributed by atoms with Crippen LogP contribution in [0.1, 0.15) is 19.2 Å². The van der Waals surface area contributed by atoms with Crippen LogP contribution in [0.4, 0.5) is 0 Å². The average Bonchev–Trinajstić information content (AvgIpc) is 2.85. The topological polar surface area (TPSA) is 47.7 Å². The molecule has 2 heterocycles. The summed E-state index contributed by atoms with van der Waals surface area (Å²) in [7, 11) is 0. The first-order valence-electron chi connectivity index (χ1n) is 5.13. The van der Waals surface area contributed by atoms with Gasteiger partial charge in [-0.25, -0.2) is 9.67 Å². The summed E-state index contributed by atoms with van der Waals surface area (Å²) in [5, 5.41) is 4.16. The van der Waals surface area contributed by atoms with Crippen LogP contribution in [0.5, 0.6) is 0 Å². The molecule has 2 aromatic heterocycles. The zero-order valence-corrected chi connectivity index (χ0v) is 8.80. The number of aromatic nitrogens is 4. The van der Waals surface area contributed by atoms with Gasteiger partial charge in [-0.3, -0.25) is 4.68 Å². The van der Waals surface area contributed by atoms with E-state index in [4.69, 9.17) is 0 Å². The first kappa shape index (κ1) is 9.76. The number of nitrogens with zero attached hydrogens (tertiary/aromatic N) is 4. The molecule has 0 spiro atoms. The lowest BCUT2D eigenvalue weighted by Crippen LogP contribution is -2.16. The quantitative estimate of drug-likeness (QED) is 0.798. The second-order valence-electron chi connectivity index (χ2n) is 3.32. The van der Waals surface area contributed by atoms with Gasteiger partial charge in [0.05, 0.1) is 6.54 Å². The highest BCUT2D eigenvalue weighted by Gasteiger charge is 2.01. The van der Waals surface area contributed by atoms with E-state index < -0.39 is 0 Å². The van der Waals surface area contributed by atoms with Gasteiger partial charge in [0.15, 0.2) is 0 Å². The molecule has 0 aliphatic carbocycles. The maximum Gasteiger partial charge on any atom is 0.147 e. The fraction of sp³-hybridized carbons (Fsp3) is 0.400. The minimum Gasteiger partial charge on any atom is -0.319 e. The van der Waals surface area contributed by atoms with Crippen LogP contribution in [0.3, 0.4) is 0 Å². The van der Waals surface area contributed by atoms with E-state index in [0.29, 0.717) is 6.54 Å². The molecule has 80 valence electrons. The van der Waals surface area contributed by atoms with Gasteiger partial charge in [0, 0.05) is 18.9 Å². The van der Waals surface area contributed by atoms with Crippen LogP contribution < -0.4 is 5.43 Å². The molecule has 0 bridgehead atoms. The highest BCUT2D eigenvalue weighted by molar-refractivity contribution is 4.95. The largest absolute Gasteiger partial charge is 0.319 e. The number of nitrogens with one attached hydrogen (secondary N) is 1. The highest BCUT2D eigenvalue weighted by atomic mass is 15.4. The number of hydrogen-bond acceptors (Lipinski definition) is 3. The molecule has 5 nitrogen and oxygen atoms in total. The highest BCUT2D eigenvalue weighted by Crippen LogP contribution is 1.96. The van der Waals surface area contributed by atoms with Crippen molar-refractivity contribution in [3.8, 4) is 0 Å². The molecule has 0 fully saturated rings. The van der Waals surface area contributed by atoms with E-state index in [1.54, 1.807) is 6.33 Å². The van der Waals surface area contributed by atoms with E-state index in [-0.39, 0.29) is 0 Å². The van der Waals surface area contributed by atoms with E-state index in [0.717, 1.165) is 18.8 Å². The SMILES string of the molecule is CCCn1ncnc1CNn1cccc1. The van der Waals surface area contributed by atoms with E-state index in [1.807, 2.05) is 33.9 Å². The minimum absolute atomic E-state index is 0.689. The Hall–Kier alpha value is -1.78. The molecule has 0 saturated carbocycles. The van der Waals surface area contributed by atoms with Crippen LogP contribution in [-0.2, 0) is 13.1 Å². The van der Waals surface area contributed by atoms with Crippen molar-refractivity contribution in [2.24, 2.45) is 0 Å². The van der Waals surface area contributed by atoms with E-state index in [2.05, 4.69) is 22.4 Å². The van der Waals surface area contributed by atoms with Gasteiger partial charge >= 0.3 is 0 Å². The number of rotatable bonds is 5. The van der Waals surface area contributed by atoms with Crippen LogP contribution in [0, 0.1) is 0 Å². The van der Waals surface area contributed by atoms with Crippen molar-refractivity contribution < 1.29 is 0 Å². The van der Waals surface area contributed by atoms with Gasteiger partial charge in [-0.2, -0.15) is 5.10 Å². The third kappa shape index (κ3) is 2.37. The fourth-order valence-electron chi connectivity index (χ4n) is 1.43. The third-order valence-corrected chi connectivity index (χ3v) is 2.16. The summed E-state index contributed by atoms with van der Waals surface area (Å²) in [4.78, 5) is 4.21. The Labute approximate surface area is 88.7 Å². The van der Waals surface area contributed by atoms with Crippen molar-refractivity contribution in [2.45, 2.75) is 26.4 Å². The molecule has 5 heteroatoms. The van der Waals surface area contributed by atoms with Crippen LogP contribution in [-0.4, -0.2) is 19.4 Å². The Balaban J connectivity index is 1.95. The Morgan fingerprint density at radius 3 is 2.87 bits per heavy atom. The summed E-state index contributed by atoms with van der Waals surface area (Å²) in [5.74, 6) is 0.963. The van der Waals surface area contributed by atoms with Crippen LogP contribution in [0.25, 0.3) is 0 Å². The Bertz CT molecular complexity index is 390. The molecular formula is C10H15N5. The molecule has 1 N–H and O–H groups in total. The van der Waals surface area contributed by atoms with Gasteiger partial charge in [0.1, 0.15) is 12.2 Å². The van der Waals surface area contributed by atoms with E-state index in [1.165, 1.54) is 0 Å². The molecule has 0 aromatic carbocycles. The predicted molar refractivity (Wildman–Crippen MR) is 57.8 cm³/mol. The maximum absolute atomic E-state index is 4.21. The normalized spacial score (nSPS) is 10.5. The van der Waals surface area contributed by atoms with Gasteiger partial charge in [-0.1, -0.05) is 6.92 Å². The molecule has 2 aromatic rings. The first-order valence-corrected chi connectivity index (χ1v) is 5.13. The molecule has 0 radical (unpaired) electrons. The van der Waals surface area contributed by atoms with Gasteiger partial charge < -0.3 is 5.43 Å². The molecular weight excluding hydrogens is 190 g/mol. The zero-order chi connectivity index (χ0) is 10.5. The third-order valence-electron chi connectivity index (χ3n) is 2.16. The number of aryl methyl sites for hydroxylation is 1. The van der Waals surface area contributed by atoms with Crippen LogP contribution in [0.15, 0.2) is 30.9 Å². The Morgan fingerprint density at radius 1 is 1.33 bits per heavy atom. The molecule has 0 aliphatic rings. The van der Waals surface area contributed by atoms with Crippen molar-refractivity contribution in [1.82, 2.24) is 19.4 Å². The average molecular weight is 205 g/mol. The molecule has 0 unspecified atom stereocenters. The van der Waals surface area contributed by atoms with E-state index >= 15 is 0 Å². The maximum atomic E-state index is 4.21. The van der Waals surface area contributed by atoms with Crippen molar-refractivity contribution in [1.29, 1.82) is 0 Å². The van der Waals surface area contributed by atoms with Crippen molar-refractivity contribution in [3.05, 3.63) is 36.7 Å². The van der Waals surface area contributed by atoms with E-state index in [9.17, 15) is 0 Å². The van der Waals surface area contributed by atoms with Gasteiger partial charge in [-0.05, 0) is 18.6 Å². The fourth-order valence-corrected chi connectivity index (χ4v) is 1.43. The molecule has 0 saturated heterocycles. The first-order chi connectivity index (χ1) is 7.40. The lowest BCUT2D eigenvalue weighted by molar-refractivity contribution is 0.568. The Morgan fingerprint density at radius 2 is 2.13 bits per heavy atom. The monoisotopic (exact) mass is 205 g/mol. The summed E-state index contributed by atoms with van der Waals surface area (Å²) in [6.07, 6.45) is 6.59. The standard InChI is InChI=1S/C10H15N5/c1-2-5-15-10(11-9-13-15)8-12-14-6-3-4-7-14/h3-4,6-7,9,12H,2,5,8H2,1H3. The van der Waals surface area contributed by atoms with Crippen molar-refractivity contribution in [3.63, 3.8) is 0 Å². The van der Waals surface area contributed by atoms with Crippen LogP contribution in [0.2, 0.25) is 0 Å². The van der Waals surface area contributed by atoms with Crippen molar-refractivity contribution in [2.75, 3.05) is 5.43 Å². The second-order valence-corrected chi connectivity index (χ2v) is 3.32.